The van der Waals surface area contributed by atoms with Gasteiger partial charge in [-0.3, -0.25) is 0 Å². The molecule has 3 atom stereocenters. The van der Waals surface area contributed by atoms with Crippen LogP contribution in [0.4, 0.5) is 0 Å². The third kappa shape index (κ3) is 8.48. The quantitative estimate of drug-likeness (QED) is 0.219. The molecule has 5 heteroatoms. The number of β-amino-alcohol motifs (C(OH)–C–C–N with tert-alkyl or cyclic N) is 1. The highest BCUT2D eigenvalue weighted by Crippen LogP contribution is 2.47. The van der Waals surface area contributed by atoms with E-state index in [1.54, 1.807) is 0 Å². The van der Waals surface area contributed by atoms with Crippen molar-refractivity contribution in [1.29, 1.82) is 0 Å². The van der Waals surface area contributed by atoms with Gasteiger partial charge in [-0.2, -0.15) is 0 Å². The first-order chi connectivity index (χ1) is 18.4. The fourth-order valence-corrected chi connectivity index (χ4v) is 6.59. The first-order valence-corrected chi connectivity index (χ1v) is 17.5. The molecule has 1 unspecified atom stereocenters. The molecule has 1 aliphatic rings. The zero-order valence-corrected chi connectivity index (χ0v) is 26.2. The number of fused-ring (bicyclic) bond motifs is 1. The van der Waals surface area contributed by atoms with E-state index in [0.29, 0.717) is 19.1 Å². The molecule has 0 bridgehead atoms. The average Bonchev–Trinajstić information content (AvgIpc) is 3.71. The number of hydrogen-bond acceptors (Lipinski definition) is 4. The lowest BCUT2D eigenvalue weighted by Gasteiger charge is -2.35. The van der Waals surface area contributed by atoms with Gasteiger partial charge in [-0.25, -0.2) is 0 Å². The minimum Gasteiger partial charge on any atom is -0.413 e. The molecule has 0 radical (unpaired) electrons. The molecule has 2 N–H and O–H groups in total. The first kappa shape index (κ1) is 29.9. The molecule has 4 rings (SSSR count). The summed E-state index contributed by atoms with van der Waals surface area (Å²) in [7, 11) is -1.25. The van der Waals surface area contributed by atoms with Gasteiger partial charge in [0, 0.05) is 12.1 Å². The minimum absolute atomic E-state index is 0.0104. The second-order valence-corrected chi connectivity index (χ2v) is 15.8. The number of nitrogens with one attached hydrogen (secondary N) is 1. The largest absolute Gasteiger partial charge is 0.413 e. The molecular weight excluding hydrogens is 498 g/mol. The third-order valence-corrected chi connectivity index (χ3v) is 8.39. The summed E-state index contributed by atoms with van der Waals surface area (Å²) in [6.45, 7) is 16.4. The lowest BCUT2D eigenvalue weighted by molar-refractivity contribution is -0.0231. The van der Waals surface area contributed by atoms with Crippen molar-refractivity contribution in [2.75, 3.05) is 13.2 Å². The van der Waals surface area contributed by atoms with E-state index in [1.807, 2.05) is 0 Å². The molecule has 0 aromatic heterocycles. The Labute approximate surface area is 237 Å². The van der Waals surface area contributed by atoms with Crippen LogP contribution in [0.1, 0.15) is 76.4 Å². The van der Waals surface area contributed by atoms with Crippen molar-refractivity contribution in [1.82, 2.24) is 5.32 Å². The maximum atomic E-state index is 10.9. The molecule has 1 saturated carbocycles. The molecule has 3 aromatic rings. The zero-order valence-electron chi connectivity index (χ0n) is 25.0. The fourth-order valence-electron chi connectivity index (χ4n) is 5.49. The second kappa shape index (κ2) is 12.7. The fraction of sp³-hybridized carbons (Fsp3) is 0.529. The lowest BCUT2D eigenvalue weighted by Crippen LogP contribution is -2.46. The Kier molecular flexibility index (Phi) is 9.72. The van der Waals surface area contributed by atoms with Gasteiger partial charge in [-0.05, 0) is 85.0 Å². The van der Waals surface area contributed by atoms with E-state index in [-0.39, 0.29) is 23.2 Å². The van der Waals surface area contributed by atoms with Crippen molar-refractivity contribution < 1.29 is 14.3 Å². The van der Waals surface area contributed by atoms with Crippen molar-refractivity contribution >= 4 is 19.8 Å². The Balaban J connectivity index is 1.38. The SMILES string of the molecule is C[SiH](C)OC(c1ccccc1[C@@H](OC[C@H](O)CNC(C)(C)Cc1ccc2ccccc2c1)C1CC1)C(C)(C)C. The van der Waals surface area contributed by atoms with Gasteiger partial charge in [-0.1, -0.05) is 87.5 Å². The third-order valence-electron chi connectivity index (χ3n) is 7.57. The van der Waals surface area contributed by atoms with Crippen molar-refractivity contribution in [3.8, 4) is 0 Å². The highest BCUT2D eigenvalue weighted by molar-refractivity contribution is 6.48. The second-order valence-electron chi connectivity index (χ2n) is 13.4. The van der Waals surface area contributed by atoms with Crippen LogP contribution in [0.15, 0.2) is 66.7 Å². The van der Waals surface area contributed by atoms with E-state index in [1.165, 1.54) is 40.3 Å². The number of aliphatic hydroxyl groups is 1. The first-order valence-electron chi connectivity index (χ1n) is 14.7. The van der Waals surface area contributed by atoms with Crippen LogP contribution < -0.4 is 5.32 Å². The average molecular weight is 548 g/mol. The van der Waals surface area contributed by atoms with Gasteiger partial charge >= 0.3 is 0 Å². The number of ether oxygens (including phenoxy) is 1. The number of benzene rings is 3. The standard InChI is InChI=1S/C34H49NO3Si/c1-33(2,3)32(38-39(6)7)30-15-11-10-14-29(30)31(26-18-19-26)37-23-28(36)22-35-34(4,5)21-24-16-17-25-12-8-9-13-27(25)20-24/h8-17,20,26,28,31-32,35-36,39H,18-19,21-23H2,1-7H3/t28-,31+,32?/m1/s1. The van der Waals surface area contributed by atoms with Crippen LogP contribution in [0.25, 0.3) is 10.8 Å². The van der Waals surface area contributed by atoms with Gasteiger partial charge in [0.15, 0.2) is 9.04 Å². The summed E-state index contributed by atoms with van der Waals surface area (Å²) >= 11 is 0. The van der Waals surface area contributed by atoms with E-state index in [4.69, 9.17) is 9.16 Å². The minimum atomic E-state index is -1.25. The summed E-state index contributed by atoms with van der Waals surface area (Å²) in [6.07, 6.45) is 2.68. The summed E-state index contributed by atoms with van der Waals surface area (Å²) in [6, 6.07) is 23.8. The van der Waals surface area contributed by atoms with Crippen LogP contribution >= 0.6 is 0 Å². The predicted octanol–water partition coefficient (Wildman–Crippen LogP) is 7.37. The highest BCUT2D eigenvalue weighted by atomic mass is 28.3. The maximum Gasteiger partial charge on any atom is 0.171 e. The normalized spacial score (nSPS) is 16.9. The van der Waals surface area contributed by atoms with Crippen LogP contribution in [0, 0.1) is 11.3 Å². The Morgan fingerprint density at radius 2 is 1.54 bits per heavy atom. The number of aliphatic hydroxyl groups excluding tert-OH is 1. The van der Waals surface area contributed by atoms with Crippen molar-refractivity contribution in [3.63, 3.8) is 0 Å². The lowest BCUT2D eigenvalue weighted by atomic mass is 9.81. The monoisotopic (exact) mass is 547 g/mol. The van der Waals surface area contributed by atoms with Crippen LogP contribution in [0.2, 0.25) is 13.1 Å². The molecule has 0 amide bonds. The molecular formula is C34H49NO3Si. The summed E-state index contributed by atoms with van der Waals surface area (Å²) in [5.41, 5.74) is 3.60. The molecule has 1 aliphatic carbocycles. The maximum absolute atomic E-state index is 10.9. The van der Waals surface area contributed by atoms with E-state index >= 15 is 0 Å². The van der Waals surface area contributed by atoms with Crippen LogP contribution in [0.5, 0.6) is 0 Å². The van der Waals surface area contributed by atoms with Crippen LogP contribution in [-0.2, 0) is 15.6 Å². The summed E-state index contributed by atoms with van der Waals surface area (Å²) in [5, 5.41) is 17.1. The highest BCUT2D eigenvalue weighted by Gasteiger charge is 2.38. The van der Waals surface area contributed by atoms with E-state index in [0.717, 1.165) is 6.42 Å². The zero-order chi connectivity index (χ0) is 28.2. The number of rotatable bonds is 13. The Hall–Kier alpha value is -2.02. The molecule has 39 heavy (non-hydrogen) atoms. The van der Waals surface area contributed by atoms with Crippen molar-refractivity contribution in [2.24, 2.45) is 11.3 Å². The van der Waals surface area contributed by atoms with Gasteiger partial charge in [0.25, 0.3) is 0 Å². The van der Waals surface area contributed by atoms with Gasteiger partial charge in [-0.15, -0.1) is 0 Å². The predicted molar refractivity (Wildman–Crippen MR) is 166 cm³/mol. The molecule has 0 spiro atoms. The van der Waals surface area contributed by atoms with Gasteiger partial charge in [0.1, 0.15) is 0 Å². The molecule has 4 nitrogen and oxygen atoms in total. The van der Waals surface area contributed by atoms with Crippen LogP contribution in [0.3, 0.4) is 0 Å². The van der Waals surface area contributed by atoms with Gasteiger partial charge in [0.2, 0.25) is 0 Å². The molecule has 3 aromatic carbocycles. The van der Waals surface area contributed by atoms with E-state index in [2.05, 4.69) is 120 Å². The molecule has 1 fully saturated rings. The molecule has 212 valence electrons. The summed E-state index contributed by atoms with van der Waals surface area (Å²) < 4.78 is 13.1. The summed E-state index contributed by atoms with van der Waals surface area (Å²) in [4.78, 5) is 0. The molecule has 0 heterocycles. The Morgan fingerprint density at radius 1 is 0.897 bits per heavy atom. The Bertz CT molecular complexity index is 1210. The topological polar surface area (TPSA) is 50.7 Å². The molecule has 0 saturated heterocycles. The van der Waals surface area contributed by atoms with Crippen molar-refractivity contribution in [3.05, 3.63) is 83.4 Å². The van der Waals surface area contributed by atoms with Gasteiger partial charge in [0.05, 0.1) is 24.9 Å². The van der Waals surface area contributed by atoms with E-state index < -0.39 is 15.1 Å². The van der Waals surface area contributed by atoms with E-state index in [9.17, 15) is 5.11 Å². The Morgan fingerprint density at radius 3 is 2.18 bits per heavy atom. The smallest absolute Gasteiger partial charge is 0.171 e. The number of hydrogen-bond donors (Lipinski definition) is 2. The van der Waals surface area contributed by atoms with Crippen molar-refractivity contribution in [2.45, 2.75) is 90.8 Å². The van der Waals surface area contributed by atoms with Gasteiger partial charge < -0.3 is 19.6 Å². The summed E-state index contributed by atoms with van der Waals surface area (Å²) in [5.74, 6) is 0.507. The van der Waals surface area contributed by atoms with Crippen LogP contribution in [-0.4, -0.2) is 38.9 Å². The molecule has 0 aliphatic heterocycles.